The molecule has 1 aromatic rings. The van der Waals surface area contributed by atoms with Gasteiger partial charge in [-0.3, -0.25) is 4.79 Å². The number of halogens is 1. The first-order chi connectivity index (χ1) is 7.54. The third-order valence-electron chi connectivity index (χ3n) is 1.81. The lowest BCUT2D eigenvalue weighted by Crippen LogP contribution is -2.00. The summed E-state index contributed by atoms with van der Waals surface area (Å²) in [4.78, 5) is 21.8. The van der Waals surface area contributed by atoms with E-state index < -0.39 is 11.8 Å². The zero-order valence-electron chi connectivity index (χ0n) is 8.44. The normalized spacial score (nSPS) is 10.4. The molecule has 0 aliphatic heterocycles. The van der Waals surface area contributed by atoms with E-state index in [0.717, 1.165) is 12.2 Å². The van der Waals surface area contributed by atoms with E-state index in [9.17, 15) is 9.59 Å². The van der Waals surface area contributed by atoms with Crippen molar-refractivity contribution in [2.24, 2.45) is 0 Å². The van der Waals surface area contributed by atoms with Gasteiger partial charge in [-0.05, 0) is 24.3 Å². The highest BCUT2D eigenvalue weighted by Crippen LogP contribution is 2.23. The van der Waals surface area contributed by atoms with Gasteiger partial charge in [-0.25, -0.2) is 4.79 Å². The average Bonchev–Trinajstić information content (AvgIpc) is 2.25. The van der Waals surface area contributed by atoms with Gasteiger partial charge in [0.2, 0.25) is 0 Å². The van der Waals surface area contributed by atoms with Crippen molar-refractivity contribution < 1.29 is 19.4 Å². The molecule has 1 aromatic carbocycles. The van der Waals surface area contributed by atoms with Crippen molar-refractivity contribution in [3.63, 3.8) is 0 Å². The van der Waals surface area contributed by atoms with E-state index in [1.807, 2.05) is 0 Å². The van der Waals surface area contributed by atoms with Crippen LogP contribution in [0.15, 0.2) is 30.4 Å². The lowest BCUT2D eigenvalue weighted by atomic mass is 10.1. The van der Waals surface area contributed by atoms with Crippen LogP contribution in [0.4, 0.5) is 0 Å². The van der Waals surface area contributed by atoms with Gasteiger partial charge in [0.05, 0.1) is 12.7 Å². The van der Waals surface area contributed by atoms with Crippen molar-refractivity contribution in [2.45, 2.75) is 0 Å². The molecule has 0 atom stereocenters. The highest BCUT2D eigenvalue weighted by Gasteiger charge is 2.10. The van der Waals surface area contributed by atoms with E-state index in [1.54, 1.807) is 0 Å². The van der Waals surface area contributed by atoms with Crippen LogP contribution in [0.2, 0.25) is 5.02 Å². The van der Waals surface area contributed by atoms with E-state index in [1.165, 1.54) is 25.3 Å². The van der Waals surface area contributed by atoms with Crippen LogP contribution in [0, 0.1) is 0 Å². The number of carboxylic acid groups (broad SMARTS) is 1. The van der Waals surface area contributed by atoms with E-state index in [4.69, 9.17) is 21.4 Å². The van der Waals surface area contributed by atoms with Crippen molar-refractivity contribution in [3.8, 4) is 5.75 Å². The Bertz CT molecular complexity index is 451. The maximum Gasteiger partial charge on any atom is 0.328 e. The molecule has 16 heavy (non-hydrogen) atoms. The Balaban J connectivity index is 3.04. The highest BCUT2D eigenvalue weighted by atomic mass is 35.5. The Kier molecular flexibility index (Phi) is 4.08. The van der Waals surface area contributed by atoms with Crippen molar-refractivity contribution in [3.05, 3.63) is 40.9 Å². The minimum absolute atomic E-state index is 0.268. The van der Waals surface area contributed by atoms with E-state index in [0.29, 0.717) is 10.8 Å². The van der Waals surface area contributed by atoms with Crippen LogP contribution < -0.4 is 4.74 Å². The molecule has 0 radical (unpaired) electrons. The van der Waals surface area contributed by atoms with E-state index in [2.05, 4.69) is 0 Å². The fourth-order valence-electron chi connectivity index (χ4n) is 1.11. The van der Waals surface area contributed by atoms with Crippen molar-refractivity contribution >= 4 is 23.4 Å². The number of benzene rings is 1. The van der Waals surface area contributed by atoms with Crippen molar-refractivity contribution in [2.75, 3.05) is 7.11 Å². The second-order valence-electron chi connectivity index (χ2n) is 2.88. The van der Waals surface area contributed by atoms with Gasteiger partial charge in [0.15, 0.2) is 5.78 Å². The molecule has 0 aromatic heterocycles. The van der Waals surface area contributed by atoms with Gasteiger partial charge in [0.1, 0.15) is 5.75 Å². The standard InChI is InChI=1S/C11H9ClO4/c1-16-10-6-7(12)2-3-8(10)9(13)4-5-11(14)15/h2-6H,1H3,(H,14,15). The third kappa shape index (κ3) is 3.10. The summed E-state index contributed by atoms with van der Waals surface area (Å²) in [5.41, 5.74) is 0.268. The number of rotatable bonds is 4. The summed E-state index contributed by atoms with van der Waals surface area (Å²) in [5, 5.41) is 8.83. The molecular weight excluding hydrogens is 232 g/mol. The van der Waals surface area contributed by atoms with Crippen LogP contribution in [0.5, 0.6) is 5.75 Å². The van der Waals surface area contributed by atoms with Gasteiger partial charge >= 0.3 is 5.97 Å². The molecule has 1 rings (SSSR count). The lowest BCUT2D eigenvalue weighted by Gasteiger charge is -2.05. The zero-order chi connectivity index (χ0) is 12.1. The molecule has 0 bridgehead atoms. The summed E-state index contributed by atoms with van der Waals surface area (Å²) in [7, 11) is 1.41. The average molecular weight is 241 g/mol. The smallest absolute Gasteiger partial charge is 0.328 e. The molecule has 0 heterocycles. The molecule has 0 saturated carbocycles. The number of carbonyl (C=O) groups excluding carboxylic acids is 1. The van der Waals surface area contributed by atoms with Gasteiger partial charge in [0, 0.05) is 11.1 Å². The highest BCUT2D eigenvalue weighted by molar-refractivity contribution is 6.31. The zero-order valence-corrected chi connectivity index (χ0v) is 9.19. The summed E-state index contributed by atoms with van der Waals surface area (Å²) < 4.78 is 4.97. The van der Waals surface area contributed by atoms with Gasteiger partial charge in [-0.15, -0.1) is 0 Å². The quantitative estimate of drug-likeness (QED) is 0.647. The monoisotopic (exact) mass is 240 g/mol. The van der Waals surface area contributed by atoms with E-state index in [-0.39, 0.29) is 5.56 Å². The molecule has 0 saturated heterocycles. The molecule has 0 amide bonds. The maximum absolute atomic E-state index is 11.6. The number of ether oxygens (including phenoxy) is 1. The fraction of sp³-hybridized carbons (Fsp3) is 0.0909. The van der Waals surface area contributed by atoms with Crippen LogP contribution in [-0.4, -0.2) is 24.0 Å². The molecular formula is C11H9ClO4. The molecule has 5 heteroatoms. The maximum atomic E-state index is 11.6. The topological polar surface area (TPSA) is 63.6 Å². The van der Waals surface area contributed by atoms with Gasteiger partial charge < -0.3 is 9.84 Å². The van der Waals surface area contributed by atoms with Crippen LogP contribution >= 0.6 is 11.6 Å². The molecule has 0 aliphatic carbocycles. The molecule has 1 N–H and O–H groups in total. The number of aliphatic carboxylic acids is 1. The number of carbonyl (C=O) groups is 2. The summed E-state index contributed by atoms with van der Waals surface area (Å²) in [5.74, 6) is -1.32. The Hall–Kier alpha value is -1.81. The predicted molar refractivity (Wildman–Crippen MR) is 59.1 cm³/mol. The Labute approximate surface area is 97.1 Å². The molecule has 0 aliphatic rings. The summed E-state index contributed by atoms with van der Waals surface area (Å²) >= 11 is 5.72. The summed E-state index contributed by atoms with van der Waals surface area (Å²) in [6.07, 6.45) is 1.74. The fourth-order valence-corrected chi connectivity index (χ4v) is 1.27. The van der Waals surface area contributed by atoms with Gasteiger partial charge in [-0.1, -0.05) is 11.6 Å². The van der Waals surface area contributed by atoms with Gasteiger partial charge in [0.25, 0.3) is 0 Å². The lowest BCUT2D eigenvalue weighted by molar-refractivity contribution is -0.131. The Morgan fingerprint density at radius 2 is 2.06 bits per heavy atom. The number of hydrogen-bond donors (Lipinski definition) is 1. The second kappa shape index (κ2) is 5.32. The minimum Gasteiger partial charge on any atom is -0.496 e. The van der Waals surface area contributed by atoms with Crippen LogP contribution in [0.25, 0.3) is 0 Å². The number of hydrogen-bond acceptors (Lipinski definition) is 3. The Morgan fingerprint density at radius 3 is 2.62 bits per heavy atom. The van der Waals surface area contributed by atoms with Crippen LogP contribution in [0.3, 0.4) is 0 Å². The molecule has 84 valence electrons. The summed E-state index contributed by atoms with van der Waals surface area (Å²) in [6.45, 7) is 0. The molecule has 0 spiro atoms. The predicted octanol–water partition coefficient (Wildman–Crippen LogP) is 2.17. The van der Waals surface area contributed by atoms with Crippen LogP contribution in [-0.2, 0) is 4.79 Å². The molecule has 0 fully saturated rings. The largest absolute Gasteiger partial charge is 0.496 e. The van der Waals surface area contributed by atoms with Crippen molar-refractivity contribution in [1.29, 1.82) is 0 Å². The molecule has 0 unspecified atom stereocenters. The number of allylic oxidation sites excluding steroid dienone is 1. The SMILES string of the molecule is COc1cc(Cl)ccc1C(=O)C=CC(=O)O. The third-order valence-corrected chi connectivity index (χ3v) is 2.04. The first-order valence-electron chi connectivity index (χ1n) is 4.33. The minimum atomic E-state index is -1.18. The van der Waals surface area contributed by atoms with Gasteiger partial charge in [-0.2, -0.15) is 0 Å². The first-order valence-corrected chi connectivity index (χ1v) is 4.71. The van der Waals surface area contributed by atoms with Crippen LogP contribution in [0.1, 0.15) is 10.4 Å². The Morgan fingerprint density at radius 1 is 1.38 bits per heavy atom. The van der Waals surface area contributed by atoms with Crippen molar-refractivity contribution in [1.82, 2.24) is 0 Å². The second-order valence-corrected chi connectivity index (χ2v) is 3.32. The first kappa shape index (κ1) is 12.3. The number of carboxylic acids is 1. The number of ketones is 1. The van der Waals surface area contributed by atoms with E-state index >= 15 is 0 Å². The molecule has 4 nitrogen and oxygen atoms in total. The number of methoxy groups -OCH3 is 1. The summed E-state index contributed by atoms with van der Waals surface area (Å²) in [6, 6.07) is 4.50.